The van der Waals surface area contributed by atoms with Crippen molar-refractivity contribution in [1.29, 1.82) is 0 Å². The first-order valence-electron chi connectivity index (χ1n) is 11.5. The van der Waals surface area contributed by atoms with E-state index < -0.39 is 14.6 Å². The lowest BCUT2D eigenvalue weighted by atomic mass is 9.97. The molecule has 0 N–H and O–H groups in total. The van der Waals surface area contributed by atoms with Crippen LogP contribution in [0.5, 0.6) is 0 Å². The third kappa shape index (κ3) is 7.31. The van der Waals surface area contributed by atoms with Crippen LogP contribution < -0.4 is 4.90 Å². The zero-order valence-electron chi connectivity index (χ0n) is 20.5. The number of hydrogen-bond acceptors (Lipinski definition) is 5. The summed E-state index contributed by atoms with van der Waals surface area (Å²) in [6, 6.07) is 4.28. The molecule has 1 aromatic carbocycles. The highest BCUT2D eigenvalue weighted by molar-refractivity contribution is 7.92. The number of ether oxygens (including phenoxy) is 1. The van der Waals surface area contributed by atoms with Gasteiger partial charge in [-0.25, -0.2) is 8.42 Å². The zero-order valence-corrected chi connectivity index (χ0v) is 21.3. The summed E-state index contributed by atoms with van der Waals surface area (Å²) in [6.07, 6.45) is 3.51. The minimum Gasteiger partial charge on any atom is -0.372 e. The fraction of sp³-hybridized carbons (Fsp3) is 0.720. The number of Topliss-reactive ketones (excluding diaryl/α,β-unsaturated/α-hetero) is 1. The molecule has 0 aliphatic carbocycles. The van der Waals surface area contributed by atoms with Gasteiger partial charge in [-0.1, -0.05) is 18.6 Å². The molecule has 0 spiro atoms. The van der Waals surface area contributed by atoms with Gasteiger partial charge >= 0.3 is 0 Å². The molecule has 0 saturated carbocycles. The van der Waals surface area contributed by atoms with Crippen molar-refractivity contribution in [2.24, 2.45) is 0 Å². The van der Waals surface area contributed by atoms with Gasteiger partial charge in [0.2, 0.25) is 0 Å². The topological polar surface area (TPSA) is 63.7 Å². The van der Waals surface area contributed by atoms with Crippen molar-refractivity contribution in [1.82, 2.24) is 0 Å². The van der Waals surface area contributed by atoms with Crippen molar-refractivity contribution in [3.05, 3.63) is 28.8 Å². The van der Waals surface area contributed by atoms with E-state index in [0.717, 1.165) is 31.5 Å². The number of carbonyl (C=O) groups excluding carboxylic acids is 1. The maximum atomic E-state index is 12.5. The highest BCUT2D eigenvalue weighted by Crippen LogP contribution is 2.29. The third-order valence-electron chi connectivity index (χ3n) is 5.99. The van der Waals surface area contributed by atoms with Crippen LogP contribution >= 0.6 is 0 Å². The van der Waals surface area contributed by atoms with E-state index >= 15 is 0 Å². The number of ketones is 1. The summed E-state index contributed by atoms with van der Waals surface area (Å²) >= 11 is 0. The summed E-state index contributed by atoms with van der Waals surface area (Å²) in [5.41, 5.74) is 4.74. The molecule has 1 aliphatic heterocycles. The molecule has 5 nitrogen and oxygen atoms in total. The molecule has 0 aromatic heterocycles. The van der Waals surface area contributed by atoms with Gasteiger partial charge in [0.05, 0.1) is 22.7 Å². The van der Waals surface area contributed by atoms with E-state index in [1.54, 1.807) is 20.8 Å². The average Bonchev–Trinajstić information content (AvgIpc) is 2.58. The van der Waals surface area contributed by atoms with Crippen LogP contribution in [0.2, 0.25) is 0 Å². The highest BCUT2D eigenvalue weighted by Gasteiger charge is 2.28. The second-order valence-corrected chi connectivity index (χ2v) is 13.1. The lowest BCUT2D eigenvalue weighted by molar-refractivity contribution is -0.118. The van der Waals surface area contributed by atoms with E-state index in [1.807, 2.05) is 0 Å². The number of nitrogens with zero attached hydrogens (tertiary/aromatic N) is 1. The number of anilines is 1. The Morgan fingerprint density at radius 2 is 1.58 bits per heavy atom. The average molecular weight is 452 g/mol. The number of carbonyl (C=O) groups is 1. The van der Waals surface area contributed by atoms with E-state index in [-0.39, 0.29) is 23.7 Å². The van der Waals surface area contributed by atoms with E-state index in [2.05, 4.69) is 44.7 Å². The highest BCUT2D eigenvalue weighted by atomic mass is 32.2. The molecule has 6 heteroatoms. The maximum Gasteiger partial charge on any atom is 0.155 e. The van der Waals surface area contributed by atoms with Crippen LogP contribution in [0.1, 0.15) is 77.0 Å². The largest absolute Gasteiger partial charge is 0.372 e. The van der Waals surface area contributed by atoms with E-state index in [1.165, 1.54) is 16.8 Å². The van der Waals surface area contributed by atoms with Gasteiger partial charge in [-0.2, -0.15) is 0 Å². The van der Waals surface area contributed by atoms with Crippen molar-refractivity contribution in [3.63, 3.8) is 0 Å². The van der Waals surface area contributed by atoms with Gasteiger partial charge in [0.1, 0.15) is 5.78 Å². The Hall–Kier alpha value is -1.40. The monoisotopic (exact) mass is 451 g/mol. The van der Waals surface area contributed by atoms with Crippen LogP contribution in [-0.4, -0.2) is 50.0 Å². The first-order valence-corrected chi connectivity index (χ1v) is 13.2. The van der Waals surface area contributed by atoms with E-state index in [9.17, 15) is 13.2 Å². The summed E-state index contributed by atoms with van der Waals surface area (Å²) in [5.74, 6) is 0.419. The Labute approximate surface area is 189 Å². The maximum absolute atomic E-state index is 12.5. The lowest BCUT2D eigenvalue weighted by Crippen LogP contribution is -2.46. The molecule has 176 valence electrons. The Kier molecular flexibility index (Phi) is 8.74. The molecule has 1 aromatic rings. The Morgan fingerprint density at radius 1 is 1.03 bits per heavy atom. The SMILES string of the molecule is Cc1cc(CC(=O)CCCCCS(=O)(=O)C(C)(C)C)cc(C)c1N1C[C@@H](C)O[C@@H](C)C1. The molecule has 31 heavy (non-hydrogen) atoms. The van der Waals surface area contributed by atoms with Crippen LogP contribution in [0.25, 0.3) is 0 Å². The summed E-state index contributed by atoms with van der Waals surface area (Å²) in [4.78, 5) is 14.9. The Bertz CT molecular complexity index is 837. The summed E-state index contributed by atoms with van der Waals surface area (Å²) in [6.45, 7) is 15.4. The molecule has 1 fully saturated rings. The van der Waals surface area contributed by atoms with Crippen LogP contribution in [0.3, 0.4) is 0 Å². The summed E-state index contributed by atoms with van der Waals surface area (Å²) in [7, 11) is -3.07. The first kappa shape index (κ1) is 25.9. The molecule has 0 radical (unpaired) electrons. The van der Waals surface area contributed by atoms with Gasteiger partial charge in [-0.05, 0) is 78.0 Å². The smallest absolute Gasteiger partial charge is 0.155 e. The molecule has 0 unspecified atom stereocenters. The van der Waals surface area contributed by atoms with Gasteiger partial charge in [0.25, 0.3) is 0 Å². The number of rotatable bonds is 9. The summed E-state index contributed by atoms with van der Waals surface area (Å²) < 4.78 is 29.5. The quantitative estimate of drug-likeness (QED) is 0.505. The van der Waals surface area contributed by atoms with Crippen LogP contribution in [0.15, 0.2) is 12.1 Å². The van der Waals surface area contributed by atoms with Crippen molar-refractivity contribution >= 4 is 21.3 Å². The van der Waals surface area contributed by atoms with Crippen LogP contribution in [0.4, 0.5) is 5.69 Å². The predicted molar refractivity (Wildman–Crippen MR) is 129 cm³/mol. The number of benzene rings is 1. The molecule has 0 amide bonds. The third-order valence-corrected chi connectivity index (χ3v) is 8.68. The van der Waals surface area contributed by atoms with Gasteiger partial charge in [0, 0.05) is 31.6 Å². The number of hydrogen-bond donors (Lipinski definition) is 0. The molecule has 1 aliphatic rings. The van der Waals surface area contributed by atoms with Gasteiger partial charge in [-0.15, -0.1) is 0 Å². The normalized spacial score (nSPS) is 20.2. The summed E-state index contributed by atoms with van der Waals surface area (Å²) in [5, 5.41) is 0. The predicted octanol–water partition coefficient (Wildman–Crippen LogP) is 4.80. The van der Waals surface area contributed by atoms with Gasteiger partial charge in [0.15, 0.2) is 9.84 Å². The number of unbranched alkanes of at least 4 members (excludes halogenated alkanes) is 2. The zero-order chi connectivity index (χ0) is 23.4. The molecule has 1 saturated heterocycles. The molecule has 2 rings (SSSR count). The second-order valence-electron chi connectivity index (χ2n) is 10.2. The van der Waals surface area contributed by atoms with Gasteiger partial charge < -0.3 is 9.64 Å². The number of aryl methyl sites for hydroxylation is 2. The molecular formula is C25H41NO4S. The number of sulfone groups is 1. The fourth-order valence-electron chi connectivity index (χ4n) is 4.42. The van der Waals surface area contributed by atoms with E-state index in [0.29, 0.717) is 19.3 Å². The van der Waals surface area contributed by atoms with Crippen LogP contribution in [-0.2, 0) is 25.8 Å². The minimum absolute atomic E-state index is 0.198. The van der Waals surface area contributed by atoms with E-state index in [4.69, 9.17) is 4.74 Å². The Morgan fingerprint density at radius 3 is 2.10 bits per heavy atom. The first-order chi connectivity index (χ1) is 14.3. The van der Waals surface area contributed by atoms with Crippen molar-refractivity contribution < 1.29 is 17.9 Å². The molecule has 1 heterocycles. The van der Waals surface area contributed by atoms with Gasteiger partial charge in [-0.3, -0.25) is 4.79 Å². The molecular weight excluding hydrogens is 410 g/mol. The minimum atomic E-state index is -3.07. The second kappa shape index (κ2) is 10.5. The Balaban J connectivity index is 1.87. The van der Waals surface area contributed by atoms with Crippen LogP contribution in [0, 0.1) is 13.8 Å². The molecule has 2 atom stereocenters. The van der Waals surface area contributed by atoms with Crippen molar-refractivity contribution in [3.8, 4) is 0 Å². The standard InChI is InChI=1S/C25H41NO4S/c1-18-13-22(14-19(2)24(18)26-16-20(3)30-21(4)17-26)15-23(27)11-9-8-10-12-31(28,29)25(5,6)7/h13-14,20-21H,8-12,15-17H2,1-7H3/t20-,21+. The van der Waals surface area contributed by atoms with Crippen molar-refractivity contribution in [2.45, 2.75) is 97.5 Å². The lowest BCUT2D eigenvalue weighted by Gasteiger charge is -2.38. The van der Waals surface area contributed by atoms with Crippen molar-refractivity contribution in [2.75, 3.05) is 23.7 Å². The molecule has 0 bridgehead atoms. The fourth-order valence-corrected chi connectivity index (χ4v) is 5.62. The number of morpholine rings is 1.